The Labute approximate surface area is 106 Å². The number of hydrogen-bond acceptors (Lipinski definition) is 2. The Hall–Kier alpha value is -0.380. The van der Waals surface area contributed by atoms with Gasteiger partial charge in [-0.3, -0.25) is 0 Å². The third-order valence-electron chi connectivity index (χ3n) is 3.17. The molecule has 88 valence electrons. The highest BCUT2D eigenvalue weighted by Crippen LogP contribution is 2.18. The minimum Gasteiger partial charge on any atom is -0.377 e. The molecule has 0 spiro atoms. The Bertz CT molecular complexity index is 367. The minimum atomic E-state index is 0.344. The van der Waals surface area contributed by atoms with Crippen LogP contribution in [0.15, 0.2) is 22.7 Å². The van der Waals surface area contributed by atoms with Gasteiger partial charge in [0.15, 0.2) is 0 Å². The van der Waals surface area contributed by atoms with Crippen LogP contribution in [0.2, 0.25) is 0 Å². The van der Waals surface area contributed by atoms with Crippen molar-refractivity contribution in [2.45, 2.75) is 39.0 Å². The van der Waals surface area contributed by atoms with E-state index in [0.717, 1.165) is 19.6 Å². The summed E-state index contributed by atoms with van der Waals surface area (Å²) in [4.78, 5) is 0. The highest BCUT2D eigenvalue weighted by Gasteiger charge is 2.23. The van der Waals surface area contributed by atoms with E-state index in [2.05, 4.69) is 53.3 Å². The van der Waals surface area contributed by atoms with Crippen molar-refractivity contribution >= 4 is 15.9 Å². The standard InChI is InChI=1S/C13H18BrNO/c1-9-7-11(3-4-12(9)14)8-15-13-5-6-16-10(13)2/h3-4,7,10,13,15H,5-6,8H2,1-2H3. The lowest BCUT2D eigenvalue weighted by atomic mass is 10.1. The van der Waals surface area contributed by atoms with E-state index >= 15 is 0 Å². The molecule has 2 unspecified atom stereocenters. The Balaban J connectivity index is 1.91. The molecule has 3 heteroatoms. The molecule has 0 aromatic heterocycles. The zero-order valence-electron chi connectivity index (χ0n) is 9.79. The molecular weight excluding hydrogens is 266 g/mol. The number of rotatable bonds is 3. The predicted molar refractivity (Wildman–Crippen MR) is 69.5 cm³/mol. The van der Waals surface area contributed by atoms with E-state index in [1.54, 1.807) is 0 Å². The third-order valence-corrected chi connectivity index (χ3v) is 4.06. The van der Waals surface area contributed by atoms with E-state index in [1.165, 1.54) is 15.6 Å². The first-order chi connectivity index (χ1) is 7.66. The molecule has 0 radical (unpaired) electrons. The molecule has 0 amide bonds. The van der Waals surface area contributed by atoms with Gasteiger partial charge in [0.05, 0.1) is 6.10 Å². The first kappa shape index (κ1) is 12.1. The van der Waals surface area contributed by atoms with Crippen LogP contribution in [0.3, 0.4) is 0 Å². The quantitative estimate of drug-likeness (QED) is 0.921. The molecule has 1 saturated heterocycles. The largest absolute Gasteiger partial charge is 0.377 e. The highest BCUT2D eigenvalue weighted by molar-refractivity contribution is 9.10. The third kappa shape index (κ3) is 2.84. The Kier molecular flexibility index (Phi) is 4.00. The van der Waals surface area contributed by atoms with E-state index in [0.29, 0.717) is 12.1 Å². The van der Waals surface area contributed by atoms with E-state index in [9.17, 15) is 0 Å². The summed E-state index contributed by atoms with van der Waals surface area (Å²) < 4.78 is 6.70. The maximum absolute atomic E-state index is 5.53. The van der Waals surface area contributed by atoms with E-state index in [4.69, 9.17) is 4.74 Å². The smallest absolute Gasteiger partial charge is 0.0700 e. The molecule has 0 bridgehead atoms. The number of aryl methyl sites for hydroxylation is 1. The lowest BCUT2D eigenvalue weighted by molar-refractivity contribution is 0.113. The predicted octanol–water partition coefficient (Wildman–Crippen LogP) is 3.02. The van der Waals surface area contributed by atoms with Gasteiger partial charge in [-0.05, 0) is 37.5 Å². The first-order valence-corrected chi connectivity index (χ1v) is 6.56. The van der Waals surface area contributed by atoms with Gasteiger partial charge in [0.1, 0.15) is 0 Å². The average Bonchev–Trinajstić information content (AvgIpc) is 2.66. The Morgan fingerprint density at radius 2 is 2.31 bits per heavy atom. The van der Waals surface area contributed by atoms with E-state index in [1.807, 2.05) is 0 Å². The maximum atomic E-state index is 5.53. The van der Waals surface area contributed by atoms with Gasteiger partial charge in [0, 0.05) is 23.7 Å². The summed E-state index contributed by atoms with van der Waals surface area (Å²) >= 11 is 3.52. The van der Waals surface area contributed by atoms with Crippen LogP contribution < -0.4 is 5.32 Å². The molecule has 16 heavy (non-hydrogen) atoms. The lowest BCUT2D eigenvalue weighted by Gasteiger charge is -2.16. The number of halogens is 1. The summed E-state index contributed by atoms with van der Waals surface area (Å²) in [6.45, 7) is 6.07. The van der Waals surface area contributed by atoms with Gasteiger partial charge >= 0.3 is 0 Å². The molecule has 1 heterocycles. The van der Waals surface area contributed by atoms with Crippen LogP contribution in [-0.4, -0.2) is 18.8 Å². The van der Waals surface area contributed by atoms with Gasteiger partial charge in [-0.25, -0.2) is 0 Å². The molecule has 2 rings (SSSR count). The summed E-state index contributed by atoms with van der Waals surface area (Å²) in [5.41, 5.74) is 2.62. The fraction of sp³-hybridized carbons (Fsp3) is 0.538. The zero-order chi connectivity index (χ0) is 11.5. The molecular formula is C13H18BrNO. The van der Waals surface area contributed by atoms with Crippen LogP contribution in [0.1, 0.15) is 24.5 Å². The zero-order valence-corrected chi connectivity index (χ0v) is 11.4. The van der Waals surface area contributed by atoms with Gasteiger partial charge in [-0.1, -0.05) is 28.1 Å². The Morgan fingerprint density at radius 3 is 2.94 bits per heavy atom. The number of benzene rings is 1. The van der Waals surface area contributed by atoms with E-state index in [-0.39, 0.29) is 0 Å². The van der Waals surface area contributed by atoms with Gasteiger partial charge in [0.25, 0.3) is 0 Å². The minimum absolute atomic E-state index is 0.344. The number of hydrogen-bond donors (Lipinski definition) is 1. The van der Waals surface area contributed by atoms with Crippen molar-refractivity contribution in [3.05, 3.63) is 33.8 Å². The summed E-state index contributed by atoms with van der Waals surface area (Å²) in [6, 6.07) is 6.99. The van der Waals surface area contributed by atoms with Crippen molar-refractivity contribution in [3.63, 3.8) is 0 Å². The summed E-state index contributed by atoms with van der Waals surface area (Å²) in [5, 5.41) is 3.55. The van der Waals surface area contributed by atoms with Crippen LogP contribution >= 0.6 is 15.9 Å². The molecule has 1 aliphatic rings. The van der Waals surface area contributed by atoms with Crippen LogP contribution in [0.5, 0.6) is 0 Å². The monoisotopic (exact) mass is 283 g/mol. The van der Waals surface area contributed by atoms with Crippen LogP contribution in [-0.2, 0) is 11.3 Å². The maximum Gasteiger partial charge on any atom is 0.0700 e. The molecule has 0 saturated carbocycles. The number of nitrogens with one attached hydrogen (secondary N) is 1. The lowest BCUT2D eigenvalue weighted by Crippen LogP contribution is -2.34. The highest BCUT2D eigenvalue weighted by atomic mass is 79.9. The fourth-order valence-corrected chi connectivity index (χ4v) is 2.31. The topological polar surface area (TPSA) is 21.3 Å². The molecule has 2 atom stereocenters. The van der Waals surface area contributed by atoms with Crippen molar-refractivity contribution in [2.75, 3.05) is 6.61 Å². The molecule has 0 aliphatic carbocycles. The van der Waals surface area contributed by atoms with Crippen molar-refractivity contribution in [1.29, 1.82) is 0 Å². The molecule has 1 aromatic carbocycles. The normalized spacial score (nSPS) is 24.9. The molecule has 2 nitrogen and oxygen atoms in total. The van der Waals surface area contributed by atoms with Crippen molar-refractivity contribution in [1.82, 2.24) is 5.32 Å². The van der Waals surface area contributed by atoms with Gasteiger partial charge < -0.3 is 10.1 Å². The van der Waals surface area contributed by atoms with Crippen LogP contribution in [0.25, 0.3) is 0 Å². The SMILES string of the molecule is Cc1cc(CNC2CCOC2C)ccc1Br. The average molecular weight is 284 g/mol. The Morgan fingerprint density at radius 1 is 1.50 bits per heavy atom. The molecule has 1 fully saturated rings. The van der Waals surface area contributed by atoms with E-state index < -0.39 is 0 Å². The van der Waals surface area contributed by atoms with Crippen LogP contribution in [0.4, 0.5) is 0 Å². The second-order valence-corrected chi connectivity index (χ2v) is 5.29. The number of ether oxygens (including phenoxy) is 1. The van der Waals surface area contributed by atoms with Crippen LogP contribution in [0, 0.1) is 6.92 Å². The van der Waals surface area contributed by atoms with Crippen molar-refractivity contribution < 1.29 is 4.74 Å². The summed E-state index contributed by atoms with van der Waals surface area (Å²) in [7, 11) is 0. The molecule has 1 aliphatic heterocycles. The van der Waals surface area contributed by atoms with Gasteiger partial charge in [0.2, 0.25) is 0 Å². The second-order valence-electron chi connectivity index (χ2n) is 4.44. The van der Waals surface area contributed by atoms with Gasteiger partial charge in [-0.15, -0.1) is 0 Å². The second kappa shape index (κ2) is 5.30. The van der Waals surface area contributed by atoms with Crippen molar-refractivity contribution in [3.8, 4) is 0 Å². The van der Waals surface area contributed by atoms with Gasteiger partial charge in [-0.2, -0.15) is 0 Å². The summed E-state index contributed by atoms with van der Waals surface area (Å²) in [6.07, 6.45) is 1.47. The fourth-order valence-electron chi connectivity index (χ4n) is 2.07. The summed E-state index contributed by atoms with van der Waals surface area (Å²) in [5.74, 6) is 0. The molecule has 1 aromatic rings. The first-order valence-electron chi connectivity index (χ1n) is 5.77. The van der Waals surface area contributed by atoms with Crippen molar-refractivity contribution in [2.24, 2.45) is 0 Å². The molecule has 1 N–H and O–H groups in total.